The number of benzene rings is 1. The van der Waals surface area contributed by atoms with Crippen LogP contribution < -0.4 is 4.74 Å². The van der Waals surface area contributed by atoms with E-state index in [0.717, 1.165) is 34.2 Å². The van der Waals surface area contributed by atoms with Crippen LogP contribution in [0.15, 0.2) is 34.7 Å². The lowest BCUT2D eigenvalue weighted by Gasteiger charge is -2.04. The van der Waals surface area contributed by atoms with Crippen molar-refractivity contribution in [3.05, 3.63) is 53.2 Å². The predicted octanol–water partition coefficient (Wildman–Crippen LogP) is 3.58. The van der Waals surface area contributed by atoms with Gasteiger partial charge in [-0.05, 0) is 32.9 Å². The quantitative estimate of drug-likeness (QED) is 0.738. The lowest BCUT2D eigenvalue weighted by Crippen LogP contribution is -1.99. The zero-order chi connectivity index (χ0) is 15.7. The molecule has 22 heavy (non-hydrogen) atoms. The van der Waals surface area contributed by atoms with E-state index in [0.29, 0.717) is 12.5 Å². The molecular formula is C17H19N3O2. The molecule has 0 radical (unpaired) electrons. The van der Waals surface area contributed by atoms with Crippen molar-refractivity contribution in [1.82, 2.24) is 14.8 Å². The van der Waals surface area contributed by atoms with Crippen molar-refractivity contribution in [2.24, 2.45) is 7.05 Å². The molecule has 5 nitrogen and oxygen atoms in total. The molecule has 0 saturated heterocycles. The van der Waals surface area contributed by atoms with Crippen LogP contribution in [0.3, 0.4) is 0 Å². The minimum absolute atomic E-state index is 0.371. The molecular weight excluding hydrogens is 278 g/mol. The normalized spacial score (nSPS) is 10.9. The summed E-state index contributed by atoms with van der Waals surface area (Å²) in [5.74, 6) is 2.21. The summed E-state index contributed by atoms with van der Waals surface area (Å²) >= 11 is 0. The molecule has 0 spiro atoms. The monoisotopic (exact) mass is 297 g/mol. The molecule has 0 amide bonds. The molecule has 2 aromatic heterocycles. The number of ether oxygens (including phenoxy) is 1. The van der Waals surface area contributed by atoms with Crippen LogP contribution in [0, 0.1) is 20.8 Å². The van der Waals surface area contributed by atoms with Crippen LogP contribution in [-0.4, -0.2) is 14.8 Å². The van der Waals surface area contributed by atoms with Crippen LogP contribution in [-0.2, 0) is 13.7 Å². The predicted molar refractivity (Wildman–Crippen MR) is 83.7 cm³/mol. The van der Waals surface area contributed by atoms with Gasteiger partial charge in [-0.2, -0.15) is 5.10 Å². The fraction of sp³-hybridized carbons (Fsp3) is 0.294. The molecule has 114 valence electrons. The van der Waals surface area contributed by atoms with Gasteiger partial charge in [-0.1, -0.05) is 18.2 Å². The van der Waals surface area contributed by atoms with E-state index in [2.05, 4.69) is 10.1 Å². The number of rotatable bonds is 4. The van der Waals surface area contributed by atoms with E-state index >= 15 is 0 Å². The van der Waals surface area contributed by atoms with Gasteiger partial charge in [0.15, 0.2) is 5.75 Å². The molecule has 0 N–H and O–H groups in total. The second-order valence-electron chi connectivity index (χ2n) is 5.30. The van der Waals surface area contributed by atoms with Gasteiger partial charge < -0.3 is 9.15 Å². The van der Waals surface area contributed by atoms with Gasteiger partial charge >= 0.3 is 0 Å². The van der Waals surface area contributed by atoms with E-state index in [1.165, 1.54) is 0 Å². The molecule has 1 aromatic carbocycles. The summed E-state index contributed by atoms with van der Waals surface area (Å²) in [4.78, 5) is 4.54. The van der Waals surface area contributed by atoms with E-state index in [1.807, 2.05) is 62.8 Å². The second kappa shape index (κ2) is 5.67. The van der Waals surface area contributed by atoms with E-state index < -0.39 is 0 Å². The van der Waals surface area contributed by atoms with E-state index in [4.69, 9.17) is 9.15 Å². The van der Waals surface area contributed by atoms with Gasteiger partial charge in [-0.25, -0.2) is 4.98 Å². The third-order valence-corrected chi connectivity index (χ3v) is 3.71. The zero-order valence-corrected chi connectivity index (χ0v) is 13.3. The van der Waals surface area contributed by atoms with Crippen LogP contribution in [0.4, 0.5) is 0 Å². The summed E-state index contributed by atoms with van der Waals surface area (Å²) < 4.78 is 13.5. The highest BCUT2D eigenvalue weighted by atomic mass is 16.5. The van der Waals surface area contributed by atoms with Gasteiger partial charge in [0, 0.05) is 12.6 Å². The maximum Gasteiger partial charge on any atom is 0.226 e. The summed E-state index contributed by atoms with van der Waals surface area (Å²) in [5, 5.41) is 4.35. The summed E-state index contributed by atoms with van der Waals surface area (Å²) in [7, 11) is 1.91. The number of aryl methyl sites for hydroxylation is 3. The van der Waals surface area contributed by atoms with Gasteiger partial charge in [-0.15, -0.1) is 0 Å². The Balaban J connectivity index is 1.80. The number of oxazole rings is 1. The highest BCUT2D eigenvalue weighted by Gasteiger charge is 2.15. The van der Waals surface area contributed by atoms with Crippen LogP contribution in [0.1, 0.15) is 22.8 Å². The standard InChI is InChI=1S/C17H19N3O2/c1-11-16(12(2)20(4)19-11)21-10-15-13(3)22-17(18-15)14-8-6-5-7-9-14/h5-9H,10H2,1-4H3. The number of aromatic nitrogens is 3. The zero-order valence-electron chi connectivity index (χ0n) is 13.3. The molecule has 3 aromatic rings. The lowest BCUT2D eigenvalue weighted by atomic mass is 10.2. The van der Waals surface area contributed by atoms with Crippen molar-refractivity contribution in [2.75, 3.05) is 0 Å². The summed E-state index contributed by atoms with van der Waals surface area (Å²) in [6.45, 7) is 6.20. The fourth-order valence-electron chi connectivity index (χ4n) is 2.37. The van der Waals surface area contributed by atoms with Crippen LogP contribution in [0.5, 0.6) is 5.75 Å². The van der Waals surface area contributed by atoms with Crippen molar-refractivity contribution < 1.29 is 9.15 Å². The van der Waals surface area contributed by atoms with Crippen LogP contribution in [0.25, 0.3) is 11.5 Å². The largest absolute Gasteiger partial charge is 0.483 e. The molecule has 0 saturated carbocycles. The Morgan fingerprint density at radius 3 is 2.50 bits per heavy atom. The minimum atomic E-state index is 0.371. The topological polar surface area (TPSA) is 53.1 Å². The Labute approximate surface area is 129 Å². The molecule has 0 aliphatic rings. The first-order chi connectivity index (χ1) is 10.6. The number of hydrogen-bond donors (Lipinski definition) is 0. The van der Waals surface area contributed by atoms with E-state index in [1.54, 1.807) is 0 Å². The van der Waals surface area contributed by atoms with Crippen molar-refractivity contribution >= 4 is 0 Å². The average Bonchev–Trinajstić information content (AvgIpc) is 2.99. The van der Waals surface area contributed by atoms with Crippen molar-refractivity contribution in [3.8, 4) is 17.2 Å². The van der Waals surface area contributed by atoms with Crippen LogP contribution in [0.2, 0.25) is 0 Å². The average molecular weight is 297 g/mol. The molecule has 3 rings (SSSR count). The fourth-order valence-corrected chi connectivity index (χ4v) is 2.37. The Morgan fingerprint density at radius 2 is 1.86 bits per heavy atom. The molecule has 2 heterocycles. The number of hydrogen-bond acceptors (Lipinski definition) is 4. The van der Waals surface area contributed by atoms with Gasteiger partial charge in [0.25, 0.3) is 0 Å². The van der Waals surface area contributed by atoms with Gasteiger partial charge in [0.1, 0.15) is 23.8 Å². The van der Waals surface area contributed by atoms with Crippen molar-refractivity contribution in [2.45, 2.75) is 27.4 Å². The highest BCUT2D eigenvalue weighted by Crippen LogP contribution is 2.25. The molecule has 0 bridgehead atoms. The first-order valence-electron chi connectivity index (χ1n) is 7.21. The molecule has 0 unspecified atom stereocenters. The SMILES string of the molecule is Cc1nn(C)c(C)c1OCc1nc(-c2ccccc2)oc1C. The van der Waals surface area contributed by atoms with Gasteiger partial charge in [0.05, 0.1) is 5.69 Å². The first kappa shape index (κ1) is 14.4. The second-order valence-corrected chi connectivity index (χ2v) is 5.30. The summed E-state index contributed by atoms with van der Waals surface area (Å²) in [5.41, 5.74) is 3.65. The Kier molecular flexibility index (Phi) is 3.71. The molecule has 5 heteroatoms. The Morgan fingerprint density at radius 1 is 1.14 bits per heavy atom. The third-order valence-electron chi connectivity index (χ3n) is 3.71. The maximum atomic E-state index is 5.90. The molecule has 0 atom stereocenters. The molecule has 0 fully saturated rings. The molecule has 0 aliphatic carbocycles. The first-order valence-corrected chi connectivity index (χ1v) is 7.21. The van der Waals surface area contributed by atoms with Gasteiger partial charge in [-0.3, -0.25) is 4.68 Å². The Hall–Kier alpha value is -2.56. The van der Waals surface area contributed by atoms with Crippen LogP contribution >= 0.6 is 0 Å². The maximum absolute atomic E-state index is 5.90. The Bertz CT molecular complexity index is 788. The van der Waals surface area contributed by atoms with Gasteiger partial charge in [0.2, 0.25) is 5.89 Å². The number of nitrogens with zero attached hydrogens (tertiary/aromatic N) is 3. The van der Waals surface area contributed by atoms with E-state index in [-0.39, 0.29) is 0 Å². The summed E-state index contributed by atoms with van der Waals surface area (Å²) in [6, 6.07) is 9.86. The van der Waals surface area contributed by atoms with E-state index in [9.17, 15) is 0 Å². The van der Waals surface area contributed by atoms with Crippen molar-refractivity contribution in [1.29, 1.82) is 0 Å². The summed E-state index contributed by atoms with van der Waals surface area (Å²) in [6.07, 6.45) is 0. The third kappa shape index (κ3) is 2.62. The smallest absolute Gasteiger partial charge is 0.226 e. The lowest BCUT2D eigenvalue weighted by molar-refractivity contribution is 0.295. The van der Waals surface area contributed by atoms with Crippen molar-refractivity contribution in [3.63, 3.8) is 0 Å². The highest BCUT2D eigenvalue weighted by molar-refractivity contribution is 5.53. The molecule has 0 aliphatic heterocycles. The minimum Gasteiger partial charge on any atom is -0.483 e.